The molecule has 0 unspecified atom stereocenters. The fourth-order valence-electron chi connectivity index (χ4n) is 8.32. The van der Waals surface area contributed by atoms with Crippen molar-refractivity contribution in [3.63, 3.8) is 0 Å². The Morgan fingerprint density at radius 2 is 1.76 bits per heavy atom. The highest BCUT2D eigenvalue weighted by atomic mass is 16.6. The van der Waals surface area contributed by atoms with E-state index in [1.54, 1.807) is 0 Å². The summed E-state index contributed by atoms with van der Waals surface area (Å²) in [6.45, 7) is 9.52. The molecule has 274 valence electrons. The van der Waals surface area contributed by atoms with E-state index in [1.165, 1.54) is 24.2 Å². The van der Waals surface area contributed by atoms with Gasteiger partial charge in [0.15, 0.2) is 0 Å². The number of carbonyl (C=O) groups is 3. The number of piperidine rings is 1. The van der Waals surface area contributed by atoms with E-state index >= 15 is 0 Å². The maximum absolute atomic E-state index is 14.2. The molecule has 2 bridgehead atoms. The van der Waals surface area contributed by atoms with Crippen molar-refractivity contribution < 1.29 is 33.7 Å². The van der Waals surface area contributed by atoms with E-state index in [-0.39, 0.29) is 25.0 Å². The Morgan fingerprint density at radius 3 is 2.54 bits per heavy atom. The van der Waals surface area contributed by atoms with Gasteiger partial charge in [0.1, 0.15) is 30.0 Å². The van der Waals surface area contributed by atoms with Crippen LogP contribution in [0.1, 0.15) is 103 Å². The molecule has 1 aromatic carbocycles. The van der Waals surface area contributed by atoms with Gasteiger partial charge in [-0.1, -0.05) is 52.2 Å². The molecule has 4 aliphatic rings. The number of para-hydroxylation sites is 1. The van der Waals surface area contributed by atoms with Crippen molar-refractivity contribution in [2.24, 2.45) is 11.3 Å². The second kappa shape index (κ2) is 16.2. The van der Waals surface area contributed by atoms with Gasteiger partial charge in [0.2, 0.25) is 11.8 Å². The number of ether oxygens (including phenoxy) is 3. The number of hydrogen-bond donors (Lipinski definition) is 2. The average Bonchev–Trinajstić information content (AvgIpc) is 3.72. The molecule has 1 aliphatic carbocycles. The Balaban J connectivity index is 1.31. The molecule has 11 heteroatoms. The number of pyridine rings is 1. The van der Waals surface area contributed by atoms with Gasteiger partial charge in [-0.05, 0) is 94.3 Å². The molecule has 2 N–H and O–H groups in total. The number of hydrogen-bond acceptors (Lipinski definition) is 8. The average molecular weight is 693 g/mol. The van der Waals surface area contributed by atoms with Crippen molar-refractivity contribution in [3.05, 3.63) is 29.8 Å². The van der Waals surface area contributed by atoms with Crippen LogP contribution in [-0.4, -0.2) is 94.9 Å². The van der Waals surface area contributed by atoms with Gasteiger partial charge in [-0.2, -0.15) is 0 Å². The van der Waals surface area contributed by atoms with Gasteiger partial charge in [-0.3, -0.25) is 4.79 Å². The van der Waals surface area contributed by atoms with Gasteiger partial charge < -0.3 is 34.4 Å². The number of nitrogens with one attached hydrogen (secondary N) is 1. The molecule has 6 rings (SSSR count). The second-order valence-corrected chi connectivity index (χ2v) is 15.8. The zero-order valence-corrected chi connectivity index (χ0v) is 30.2. The van der Waals surface area contributed by atoms with Crippen LogP contribution < -0.4 is 14.8 Å². The van der Waals surface area contributed by atoms with Crippen LogP contribution in [0, 0.1) is 11.3 Å². The summed E-state index contributed by atoms with van der Waals surface area (Å²) in [6.07, 6.45) is 10.8. The summed E-state index contributed by atoms with van der Waals surface area (Å²) in [4.78, 5) is 48.8. The van der Waals surface area contributed by atoms with Crippen molar-refractivity contribution in [1.29, 1.82) is 0 Å². The maximum atomic E-state index is 14.2. The minimum absolute atomic E-state index is 0.0593. The lowest BCUT2D eigenvalue weighted by atomic mass is 9.85. The van der Waals surface area contributed by atoms with E-state index in [9.17, 15) is 19.5 Å². The first-order chi connectivity index (χ1) is 24.1. The predicted octanol–water partition coefficient (Wildman–Crippen LogP) is 6.35. The number of benzene rings is 1. The van der Waals surface area contributed by atoms with Crippen LogP contribution in [0.3, 0.4) is 0 Å². The fraction of sp³-hybridized carbons (Fsp3) is 0.692. The third-order valence-corrected chi connectivity index (χ3v) is 11.1. The summed E-state index contributed by atoms with van der Waals surface area (Å²) in [5.41, 5.74) is 0.964. The highest BCUT2D eigenvalue weighted by molar-refractivity contribution is 5.91. The normalized spacial score (nSPS) is 27.3. The van der Waals surface area contributed by atoms with Crippen molar-refractivity contribution >= 4 is 28.9 Å². The molecule has 1 saturated carbocycles. The first kappa shape index (κ1) is 36.2. The molecule has 1 aromatic heterocycles. The monoisotopic (exact) mass is 692 g/mol. The lowest BCUT2D eigenvalue weighted by Gasteiger charge is -2.35. The number of alkyl carbamates (subject to hydrolysis) is 1. The molecule has 2 saturated heterocycles. The number of aliphatic carboxylic acids is 1. The summed E-state index contributed by atoms with van der Waals surface area (Å²) < 4.78 is 19.2. The van der Waals surface area contributed by atoms with Gasteiger partial charge in [0, 0.05) is 18.4 Å². The molecule has 4 heterocycles. The molecule has 50 heavy (non-hydrogen) atoms. The number of carboxylic acid groups (broad SMARTS) is 1. The molecule has 2 amide bonds. The van der Waals surface area contributed by atoms with E-state index in [4.69, 9.17) is 19.2 Å². The molecule has 5 atom stereocenters. The lowest BCUT2D eigenvalue weighted by Crippen LogP contribution is -2.57. The Bertz CT molecular complexity index is 1500. The highest BCUT2D eigenvalue weighted by Crippen LogP contribution is 2.39. The van der Waals surface area contributed by atoms with Crippen molar-refractivity contribution in [3.8, 4) is 11.6 Å². The Morgan fingerprint density at radius 1 is 1.00 bits per heavy atom. The molecule has 2 aromatic rings. The summed E-state index contributed by atoms with van der Waals surface area (Å²) in [7, 11) is 0. The smallest absolute Gasteiger partial charge is 0.408 e. The van der Waals surface area contributed by atoms with Crippen LogP contribution in [-0.2, 0) is 20.7 Å². The summed E-state index contributed by atoms with van der Waals surface area (Å²) in [5, 5.41) is 14.1. The van der Waals surface area contributed by atoms with Crippen molar-refractivity contribution in [2.75, 3.05) is 32.8 Å². The minimum atomic E-state index is -1.11. The number of nitrogens with zero attached hydrogens (tertiary/aromatic N) is 3. The first-order valence-corrected chi connectivity index (χ1v) is 19.0. The van der Waals surface area contributed by atoms with Gasteiger partial charge in [-0.25, -0.2) is 14.6 Å². The summed E-state index contributed by atoms with van der Waals surface area (Å²) >= 11 is 0. The van der Waals surface area contributed by atoms with Crippen LogP contribution in [0.2, 0.25) is 0 Å². The number of rotatable bonds is 6. The summed E-state index contributed by atoms with van der Waals surface area (Å²) in [5.74, 6) is -0.0483. The Kier molecular flexibility index (Phi) is 11.7. The van der Waals surface area contributed by atoms with Gasteiger partial charge >= 0.3 is 12.1 Å². The van der Waals surface area contributed by atoms with Gasteiger partial charge in [-0.15, -0.1) is 0 Å². The number of amides is 2. The predicted molar refractivity (Wildman–Crippen MR) is 190 cm³/mol. The molecule has 3 fully saturated rings. The zero-order valence-electron chi connectivity index (χ0n) is 30.2. The maximum Gasteiger partial charge on any atom is 0.408 e. The topological polar surface area (TPSA) is 131 Å². The Hall–Kier alpha value is -3.60. The fourth-order valence-corrected chi connectivity index (χ4v) is 8.32. The molecule has 11 nitrogen and oxygen atoms in total. The molecular weight excluding hydrogens is 636 g/mol. The molecule has 3 aliphatic heterocycles. The largest absolute Gasteiger partial charge is 0.492 e. The van der Waals surface area contributed by atoms with Gasteiger partial charge in [0.05, 0.1) is 24.2 Å². The van der Waals surface area contributed by atoms with Crippen LogP contribution >= 0.6 is 0 Å². The highest BCUT2D eigenvalue weighted by Gasteiger charge is 2.46. The number of fused-ring (bicyclic) bond motifs is 5. The van der Waals surface area contributed by atoms with Crippen molar-refractivity contribution in [1.82, 2.24) is 20.1 Å². The first-order valence-electron chi connectivity index (χ1n) is 19.0. The lowest BCUT2D eigenvalue weighted by molar-refractivity contribution is -0.150. The minimum Gasteiger partial charge on any atom is -0.492 e. The van der Waals surface area contributed by atoms with Crippen LogP contribution in [0.4, 0.5) is 4.79 Å². The number of carbonyl (C=O) groups excluding carboxylic acids is 2. The Labute approximate surface area is 296 Å². The second-order valence-electron chi connectivity index (χ2n) is 15.8. The number of aromatic nitrogens is 1. The van der Waals surface area contributed by atoms with E-state index in [0.717, 1.165) is 93.2 Å². The molecular formula is C39H56N4O7. The van der Waals surface area contributed by atoms with Gasteiger partial charge in [0.25, 0.3) is 0 Å². The summed E-state index contributed by atoms with van der Waals surface area (Å²) in [6, 6.07) is 5.86. The zero-order chi connectivity index (χ0) is 35.3. The van der Waals surface area contributed by atoms with E-state index in [0.29, 0.717) is 18.9 Å². The quantitative estimate of drug-likeness (QED) is 0.333. The SMILES string of the molecule is CC(C)(C)[C@@H]1NC(=O)O[C@@H]2CCC[C@H]2CCCCCc2c(nc3ccccc3c2OCCCN2CCCCC2)O[C@@H]2C[C@@H](C(=O)O)N(C2)C1=O. The third-order valence-electron chi connectivity index (χ3n) is 11.1. The van der Waals surface area contributed by atoms with Crippen LogP contribution in [0.25, 0.3) is 10.9 Å². The van der Waals surface area contributed by atoms with Crippen LogP contribution in [0.5, 0.6) is 11.6 Å². The number of carboxylic acids is 1. The number of likely N-dealkylation sites (tertiary alicyclic amines) is 1. The standard InChI is InChI=1S/C39H56N4O7/c1-39(2,3)34-36(44)43-25-27(24-31(43)37(45)46)49-35-29(17-7-4-6-14-26-15-12-19-32(26)50-38(47)41-34)33(28-16-8-9-18-30(28)40-35)48-23-13-22-42-20-10-5-11-21-42/h8-9,16,18,26-27,31-32,34H,4-7,10-15,17,19-25H2,1-3H3,(H,41,47)(H,45,46)/t26-,27-,31+,32-,34-/m1/s1. The van der Waals surface area contributed by atoms with E-state index < -0.39 is 41.6 Å². The molecule has 0 radical (unpaired) electrons. The van der Waals surface area contributed by atoms with E-state index in [1.807, 2.05) is 45.0 Å². The van der Waals surface area contributed by atoms with Crippen LogP contribution in [0.15, 0.2) is 24.3 Å². The van der Waals surface area contributed by atoms with Crippen molar-refractivity contribution in [2.45, 2.75) is 129 Å². The van der Waals surface area contributed by atoms with E-state index in [2.05, 4.69) is 10.2 Å². The third kappa shape index (κ3) is 8.64. The molecule has 0 spiro atoms.